The molecule has 3 heteroatoms. The third-order valence-electron chi connectivity index (χ3n) is 3.80. The normalized spacial score (nSPS) is 14.4. The molecule has 0 radical (unpaired) electrons. The predicted molar refractivity (Wildman–Crippen MR) is 83.9 cm³/mol. The van der Waals surface area contributed by atoms with E-state index in [9.17, 15) is 0 Å². The van der Waals surface area contributed by atoms with E-state index in [-0.39, 0.29) is 6.04 Å². The maximum atomic E-state index is 5.89. The minimum absolute atomic E-state index is 0.0326. The van der Waals surface area contributed by atoms with Crippen molar-refractivity contribution in [2.75, 3.05) is 13.2 Å². The van der Waals surface area contributed by atoms with E-state index in [0.29, 0.717) is 6.61 Å². The highest BCUT2D eigenvalue weighted by molar-refractivity contribution is 5.40. The maximum Gasteiger partial charge on any atom is 0.122 e. The van der Waals surface area contributed by atoms with E-state index in [2.05, 4.69) is 18.2 Å². The van der Waals surface area contributed by atoms with Gasteiger partial charge < -0.3 is 15.2 Å². The zero-order valence-corrected chi connectivity index (χ0v) is 12.3. The SMILES string of the molecule is C[C@H](N)c1cccc(OCCc2ccc3c(c2)CCO3)c1. The first-order chi connectivity index (χ1) is 10.2. The summed E-state index contributed by atoms with van der Waals surface area (Å²) in [5, 5.41) is 0. The van der Waals surface area contributed by atoms with Gasteiger partial charge in [-0.25, -0.2) is 0 Å². The van der Waals surface area contributed by atoms with Crippen molar-refractivity contribution in [2.45, 2.75) is 25.8 Å². The summed E-state index contributed by atoms with van der Waals surface area (Å²) in [5.74, 6) is 1.92. The number of hydrogen-bond acceptors (Lipinski definition) is 3. The van der Waals surface area contributed by atoms with Crippen LogP contribution >= 0.6 is 0 Å². The summed E-state index contributed by atoms with van der Waals surface area (Å²) in [6.07, 6.45) is 1.91. The Morgan fingerprint density at radius 3 is 3.00 bits per heavy atom. The summed E-state index contributed by atoms with van der Waals surface area (Å²) in [5.41, 5.74) is 9.59. The van der Waals surface area contributed by atoms with Crippen LogP contribution in [0.2, 0.25) is 0 Å². The number of ether oxygens (including phenoxy) is 2. The van der Waals surface area contributed by atoms with Crippen molar-refractivity contribution in [1.29, 1.82) is 0 Å². The molecule has 1 aliphatic rings. The van der Waals surface area contributed by atoms with E-state index in [4.69, 9.17) is 15.2 Å². The quantitative estimate of drug-likeness (QED) is 0.916. The van der Waals surface area contributed by atoms with Crippen LogP contribution in [-0.4, -0.2) is 13.2 Å². The lowest BCUT2D eigenvalue weighted by Gasteiger charge is -2.10. The zero-order chi connectivity index (χ0) is 14.7. The maximum absolute atomic E-state index is 5.89. The Balaban J connectivity index is 1.57. The molecule has 2 aromatic carbocycles. The molecule has 21 heavy (non-hydrogen) atoms. The molecule has 1 heterocycles. The highest BCUT2D eigenvalue weighted by Gasteiger charge is 2.11. The van der Waals surface area contributed by atoms with E-state index in [1.54, 1.807) is 0 Å². The summed E-state index contributed by atoms with van der Waals surface area (Å²) in [6.45, 7) is 3.45. The van der Waals surface area contributed by atoms with Crippen molar-refractivity contribution >= 4 is 0 Å². The van der Waals surface area contributed by atoms with Gasteiger partial charge in [0.05, 0.1) is 13.2 Å². The molecule has 1 atom stereocenters. The molecule has 1 aliphatic heterocycles. The Hall–Kier alpha value is -2.00. The minimum atomic E-state index is 0.0326. The monoisotopic (exact) mass is 283 g/mol. The first kappa shape index (κ1) is 14.0. The van der Waals surface area contributed by atoms with E-state index in [1.807, 2.05) is 31.2 Å². The Labute approximate surface area is 125 Å². The Morgan fingerprint density at radius 1 is 1.24 bits per heavy atom. The van der Waals surface area contributed by atoms with Crippen LogP contribution in [0.4, 0.5) is 0 Å². The third kappa shape index (κ3) is 3.37. The molecule has 0 bridgehead atoms. The van der Waals surface area contributed by atoms with Gasteiger partial charge in [0.15, 0.2) is 0 Å². The number of rotatable bonds is 5. The Kier molecular flexibility index (Phi) is 4.11. The van der Waals surface area contributed by atoms with Gasteiger partial charge in [-0.05, 0) is 41.8 Å². The minimum Gasteiger partial charge on any atom is -0.493 e. The second-order valence-electron chi connectivity index (χ2n) is 5.50. The molecule has 3 rings (SSSR count). The van der Waals surface area contributed by atoms with Gasteiger partial charge in [-0.1, -0.05) is 24.3 Å². The van der Waals surface area contributed by atoms with Crippen LogP contribution in [0.15, 0.2) is 42.5 Å². The van der Waals surface area contributed by atoms with Gasteiger partial charge in [0.1, 0.15) is 11.5 Å². The zero-order valence-electron chi connectivity index (χ0n) is 12.3. The van der Waals surface area contributed by atoms with Crippen LogP contribution in [0.1, 0.15) is 29.7 Å². The molecule has 2 N–H and O–H groups in total. The van der Waals surface area contributed by atoms with Gasteiger partial charge in [-0.15, -0.1) is 0 Å². The van der Waals surface area contributed by atoms with Crippen molar-refractivity contribution in [3.8, 4) is 11.5 Å². The number of benzene rings is 2. The van der Waals surface area contributed by atoms with E-state index < -0.39 is 0 Å². The fourth-order valence-electron chi connectivity index (χ4n) is 2.57. The first-order valence-electron chi connectivity index (χ1n) is 7.45. The van der Waals surface area contributed by atoms with Crippen LogP contribution in [0.3, 0.4) is 0 Å². The molecular formula is C18H21NO2. The van der Waals surface area contributed by atoms with Crippen molar-refractivity contribution in [3.05, 3.63) is 59.2 Å². The van der Waals surface area contributed by atoms with Gasteiger partial charge in [0.25, 0.3) is 0 Å². The van der Waals surface area contributed by atoms with Crippen LogP contribution in [0, 0.1) is 0 Å². The van der Waals surface area contributed by atoms with E-state index in [0.717, 1.165) is 36.5 Å². The van der Waals surface area contributed by atoms with Crippen molar-refractivity contribution in [3.63, 3.8) is 0 Å². The number of hydrogen-bond donors (Lipinski definition) is 1. The molecule has 0 unspecified atom stereocenters. The van der Waals surface area contributed by atoms with Crippen LogP contribution in [0.25, 0.3) is 0 Å². The molecule has 0 saturated carbocycles. The molecule has 2 aromatic rings. The molecule has 3 nitrogen and oxygen atoms in total. The third-order valence-corrected chi connectivity index (χ3v) is 3.80. The number of fused-ring (bicyclic) bond motifs is 1. The van der Waals surface area contributed by atoms with Gasteiger partial charge >= 0.3 is 0 Å². The summed E-state index contributed by atoms with van der Waals surface area (Å²) in [6, 6.07) is 14.4. The van der Waals surface area contributed by atoms with Gasteiger partial charge in [-0.3, -0.25) is 0 Å². The fourth-order valence-corrected chi connectivity index (χ4v) is 2.57. The molecule has 0 amide bonds. The Morgan fingerprint density at radius 2 is 2.14 bits per heavy atom. The predicted octanol–water partition coefficient (Wildman–Crippen LogP) is 3.26. The summed E-state index contributed by atoms with van der Waals surface area (Å²) in [7, 11) is 0. The molecule has 110 valence electrons. The highest BCUT2D eigenvalue weighted by Crippen LogP contribution is 2.26. The van der Waals surface area contributed by atoms with Crippen LogP contribution in [0.5, 0.6) is 11.5 Å². The van der Waals surface area contributed by atoms with E-state index in [1.165, 1.54) is 11.1 Å². The smallest absolute Gasteiger partial charge is 0.122 e. The van der Waals surface area contributed by atoms with Crippen molar-refractivity contribution in [1.82, 2.24) is 0 Å². The lowest BCUT2D eigenvalue weighted by atomic mass is 10.1. The van der Waals surface area contributed by atoms with E-state index >= 15 is 0 Å². The molecular weight excluding hydrogens is 262 g/mol. The molecule has 0 aromatic heterocycles. The lowest BCUT2D eigenvalue weighted by Crippen LogP contribution is -2.06. The molecule has 0 saturated heterocycles. The second-order valence-corrected chi connectivity index (χ2v) is 5.50. The van der Waals surface area contributed by atoms with Gasteiger partial charge in [0, 0.05) is 18.9 Å². The van der Waals surface area contributed by atoms with Crippen LogP contribution < -0.4 is 15.2 Å². The summed E-state index contributed by atoms with van der Waals surface area (Å²) >= 11 is 0. The molecule has 0 aliphatic carbocycles. The molecule has 0 spiro atoms. The summed E-state index contributed by atoms with van der Waals surface area (Å²) in [4.78, 5) is 0. The van der Waals surface area contributed by atoms with Crippen LogP contribution in [-0.2, 0) is 12.8 Å². The lowest BCUT2D eigenvalue weighted by molar-refractivity contribution is 0.321. The Bertz CT molecular complexity index is 622. The standard InChI is InChI=1S/C18H21NO2/c1-13(19)15-3-2-4-17(12-15)20-9-7-14-5-6-18-16(11-14)8-10-21-18/h2-6,11-13H,7-10,19H2,1H3/t13-/m0/s1. The van der Waals surface area contributed by atoms with Gasteiger partial charge in [0.2, 0.25) is 0 Å². The topological polar surface area (TPSA) is 44.5 Å². The summed E-state index contributed by atoms with van der Waals surface area (Å²) < 4.78 is 11.4. The first-order valence-corrected chi connectivity index (χ1v) is 7.45. The largest absolute Gasteiger partial charge is 0.493 e. The fraction of sp³-hybridized carbons (Fsp3) is 0.333. The average Bonchev–Trinajstić information content (AvgIpc) is 2.95. The number of nitrogens with two attached hydrogens (primary N) is 1. The van der Waals surface area contributed by atoms with Crippen molar-refractivity contribution in [2.24, 2.45) is 5.73 Å². The second kappa shape index (κ2) is 6.19. The molecule has 0 fully saturated rings. The average molecular weight is 283 g/mol. The highest BCUT2D eigenvalue weighted by atomic mass is 16.5. The van der Waals surface area contributed by atoms with Crippen molar-refractivity contribution < 1.29 is 9.47 Å². The van der Waals surface area contributed by atoms with Gasteiger partial charge in [-0.2, -0.15) is 0 Å².